The standard InChI is InChI=1S/C20H20N4O3S/c1-14(25)24(17-6-3-2-4-7-17)20-23-16(13-28-20)10-15(11-21)19(26)22-12-18-8-5-9-27-18/h2-4,6-7,10,13,18H,5,8-9,12H2,1H3,(H,22,26)/b15-10+/t18-/m1/s1. The average Bonchev–Trinajstić information content (AvgIpc) is 3.37. The lowest BCUT2D eigenvalue weighted by atomic mass is 10.2. The summed E-state index contributed by atoms with van der Waals surface area (Å²) in [6.07, 6.45) is 3.32. The van der Waals surface area contributed by atoms with Crippen molar-refractivity contribution in [1.29, 1.82) is 5.26 Å². The van der Waals surface area contributed by atoms with E-state index in [0.29, 0.717) is 29.7 Å². The van der Waals surface area contributed by atoms with E-state index < -0.39 is 5.91 Å². The Morgan fingerprint density at radius 2 is 2.21 bits per heavy atom. The lowest BCUT2D eigenvalue weighted by Crippen LogP contribution is -2.32. The van der Waals surface area contributed by atoms with Crippen molar-refractivity contribution in [1.82, 2.24) is 10.3 Å². The highest BCUT2D eigenvalue weighted by Gasteiger charge is 2.19. The summed E-state index contributed by atoms with van der Waals surface area (Å²) in [4.78, 5) is 30.3. The second-order valence-electron chi connectivity index (χ2n) is 6.26. The number of rotatable bonds is 6. The largest absolute Gasteiger partial charge is 0.376 e. The fourth-order valence-electron chi connectivity index (χ4n) is 2.85. The number of thiazole rings is 1. The van der Waals surface area contributed by atoms with Gasteiger partial charge in [-0.25, -0.2) is 4.98 Å². The normalized spacial score (nSPS) is 16.4. The predicted octanol–water partition coefficient (Wildman–Crippen LogP) is 3.03. The van der Waals surface area contributed by atoms with E-state index >= 15 is 0 Å². The van der Waals surface area contributed by atoms with Crippen LogP contribution >= 0.6 is 11.3 Å². The summed E-state index contributed by atoms with van der Waals surface area (Å²) in [6, 6.07) is 11.1. The zero-order valence-corrected chi connectivity index (χ0v) is 16.2. The third-order valence-corrected chi connectivity index (χ3v) is 5.05. The molecule has 1 aromatic heterocycles. The van der Waals surface area contributed by atoms with Gasteiger partial charge in [-0.3, -0.25) is 14.5 Å². The maximum atomic E-state index is 12.3. The first-order chi connectivity index (χ1) is 13.6. The molecule has 0 aliphatic carbocycles. The van der Waals surface area contributed by atoms with Crippen molar-refractivity contribution >= 4 is 40.0 Å². The Kier molecular flexibility index (Phi) is 6.53. The molecule has 1 aliphatic rings. The lowest BCUT2D eigenvalue weighted by molar-refractivity contribution is -0.117. The van der Waals surface area contributed by atoms with E-state index in [1.807, 2.05) is 36.4 Å². The molecule has 8 heteroatoms. The number of ether oxygens (including phenoxy) is 1. The highest BCUT2D eigenvalue weighted by molar-refractivity contribution is 7.14. The SMILES string of the molecule is CC(=O)N(c1ccccc1)c1nc(/C=C(\C#N)C(=O)NC[C@H]2CCCO2)cs1. The maximum absolute atomic E-state index is 12.3. The molecule has 2 heterocycles. The molecular formula is C20H20N4O3S. The van der Waals surface area contributed by atoms with Crippen LogP contribution in [0.3, 0.4) is 0 Å². The summed E-state index contributed by atoms with van der Waals surface area (Å²) in [5.74, 6) is -0.634. The molecule has 1 saturated heterocycles. The van der Waals surface area contributed by atoms with Crippen molar-refractivity contribution in [3.8, 4) is 6.07 Å². The van der Waals surface area contributed by atoms with E-state index in [4.69, 9.17) is 4.74 Å². The van der Waals surface area contributed by atoms with Gasteiger partial charge in [-0.2, -0.15) is 5.26 Å². The van der Waals surface area contributed by atoms with Crippen molar-refractivity contribution in [2.75, 3.05) is 18.1 Å². The molecule has 2 amide bonds. The number of carbonyl (C=O) groups is 2. The topological polar surface area (TPSA) is 95.3 Å². The molecule has 1 N–H and O–H groups in total. The van der Waals surface area contributed by atoms with Crippen molar-refractivity contribution in [2.45, 2.75) is 25.9 Å². The number of nitrogens with zero attached hydrogens (tertiary/aromatic N) is 3. The van der Waals surface area contributed by atoms with Crippen LogP contribution in [-0.4, -0.2) is 36.1 Å². The molecule has 0 unspecified atom stereocenters. The number of para-hydroxylation sites is 1. The zero-order chi connectivity index (χ0) is 19.9. The van der Waals surface area contributed by atoms with Crippen LogP contribution in [-0.2, 0) is 14.3 Å². The van der Waals surface area contributed by atoms with E-state index in [2.05, 4.69) is 10.3 Å². The molecule has 0 spiro atoms. The van der Waals surface area contributed by atoms with Gasteiger partial charge in [0.25, 0.3) is 5.91 Å². The molecule has 28 heavy (non-hydrogen) atoms. The van der Waals surface area contributed by atoms with Crippen molar-refractivity contribution in [2.24, 2.45) is 0 Å². The molecule has 7 nitrogen and oxygen atoms in total. The minimum absolute atomic E-state index is 0.00441. The fraction of sp³-hybridized carbons (Fsp3) is 0.300. The molecule has 1 aromatic carbocycles. The van der Waals surface area contributed by atoms with Gasteiger partial charge in [0.05, 0.1) is 17.5 Å². The minimum Gasteiger partial charge on any atom is -0.376 e. The monoisotopic (exact) mass is 396 g/mol. The number of hydrogen-bond donors (Lipinski definition) is 1. The first kappa shape index (κ1) is 19.7. The van der Waals surface area contributed by atoms with E-state index in [0.717, 1.165) is 12.8 Å². The third kappa shape index (κ3) is 4.82. The van der Waals surface area contributed by atoms with Gasteiger partial charge in [0.15, 0.2) is 5.13 Å². The number of aromatic nitrogens is 1. The van der Waals surface area contributed by atoms with Crippen LogP contribution in [0.5, 0.6) is 0 Å². The number of benzene rings is 1. The predicted molar refractivity (Wildman–Crippen MR) is 107 cm³/mol. The van der Waals surface area contributed by atoms with Gasteiger partial charge in [-0.15, -0.1) is 11.3 Å². The molecule has 1 aliphatic heterocycles. The Bertz CT molecular complexity index is 911. The minimum atomic E-state index is -0.459. The smallest absolute Gasteiger partial charge is 0.262 e. The second kappa shape index (κ2) is 9.26. The summed E-state index contributed by atoms with van der Waals surface area (Å²) in [7, 11) is 0. The van der Waals surface area contributed by atoms with Crippen LogP contribution in [0.1, 0.15) is 25.5 Å². The van der Waals surface area contributed by atoms with Crippen molar-refractivity contribution < 1.29 is 14.3 Å². The molecule has 3 rings (SSSR count). The first-order valence-electron chi connectivity index (χ1n) is 8.91. The molecule has 1 fully saturated rings. The number of nitrogens with one attached hydrogen (secondary N) is 1. The van der Waals surface area contributed by atoms with Gasteiger partial charge in [0, 0.05) is 25.5 Å². The van der Waals surface area contributed by atoms with Gasteiger partial charge in [0.2, 0.25) is 5.91 Å². The van der Waals surface area contributed by atoms with E-state index in [1.165, 1.54) is 29.2 Å². The number of anilines is 2. The van der Waals surface area contributed by atoms with Gasteiger partial charge in [0.1, 0.15) is 11.6 Å². The average molecular weight is 396 g/mol. The molecular weight excluding hydrogens is 376 g/mol. The van der Waals surface area contributed by atoms with Crippen LogP contribution in [0, 0.1) is 11.3 Å². The first-order valence-corrected chi connectivity index (χ1v) is 9.79. The Morgan fingerprint density at radius 1 is 1.43 bits per heavy atom. The van der Waals surface area contributed by atoms with Crippen LogP contribution in [0.4, 0.5) is 10.8 Å². The Balaban J connectivity index is 1.74. The number of hydrogen-bond acceptors (Lipinski definition) is 6. The van der Waals surface area contributed by atoms with Crippen LogP contribution in [0.15, 0.2) is 41.3 Å². The lowest BCUT2D eigenvalue weighted by Gasteiger charge is -2.17. The van der Waals surface area contributed by atoms with Crippen LogP contribution < -0.4 is 10.2 Å². The maximum Gasteiger partial charge on any atom is 0.262 e. The molecule has 144 valence electrons. The van der Waals surface area contributed by atoms with Crippen LogP contribution in [0.2, 0.25) is 0 Å². The summed E-state index contributed by atoms with van der Waals surface area (Å²) >= 11 is 1.27. The summed E-state index contributed by atoms with van der Waals surface area (Å²) in [6.45, 7) is 2.55. The van der Waals surface area contributed by atoms with Gasteiger partial charge in [-0.1, -0.05) is 18.2 Å². The van der Waals surface area contributed by atoms with Crippen molar-refractivity contribution in [3.05, 3.63) is 47.0 Å². The van der Waals surface area contributed by atoms with Gasteiger partial charge >= 0.3 is 0 Å². The fourth-order valence-corrected chi connectivity index (χ4v) is 3.70. The summed E-state index contributed by atoms with van der Waals surface area (Å²) in [5, 5.41) is 14.2. The third-order valence-electron chi connectivity index (χ3n) is 4.20. The van der Waals surface area contributed by atoms with Crippen LogP contribution in [0.25, 0.3) is 6.08 Å². The van der Waals surface area contributed by atoms with Gasteiger partial charge < -0.3 is 10.1 Å². The summed E-state index contributed by atoms with van der Waals surface area (Å²) in [5.41, 5.74) is 1.12. The van der Waals surface area contributed by atoms with E-state index in [9.17, 15) is 14.9 Å². The second-order valence-corrected chi connectivity index (χ2v) is 7.10. The number of carbonyl (C=O) groups excluding carboxylic acids is 2. The Labute approximate surface area is 167 Å². The zero-order valence-electron chi connectivity index (χ0n) is 15.4. The highest BCUT2D eigenvalue weighted by Crippen LogP contribution is 2.29. The number of nitriles is 1. The molecule has 0 radical (unpaired) electrons. The summed E-state index contributed by atoms with van der Waals surface area (Å²) < 4.78 is 5.46. The highest BCUT2D eigenvalue weighted by atomic mass is 32.1. The Morgan fingerprint density at radius 3 is 2.86 bits per heavy atom. The number of amides is 2. The quantitative estimate of drug-likeness (QED) is 0.598. The molecule has 2 aromatic rings. The Hall–Kier alpha value is -3.02. The molecule has 0 saturated carbocycles. The van der Waals surface area contributed by atoms with Crippen molar-refractivity contribution in [3.63, 3.8) is 0 Å². The van der Waals surface area contributed by atoms with E-state index in [-0.39, 0.29) is 17.6 Å². The van der Waals surface area contributed by atoms with Gasteiger partial charge in [-0.05, 0) is 31.1 Å². The molecule has 1 atom stereocenters. The van der Waals surface area contributed by atoms with E-state index in [1.54, 1.807) is 5.38 Å². The molecule has 0 bridgehead atoms.